The summed E-state index contributed by atoms with van der Waals surface area (Å²) in [5.41, 5.74) is -0.307. The molecule has 0 saturated carbocycles. The van der Waals surface area contributed by atoms with Gasteiger partial charge in [-0.2, -0.15) is 8.78 Å². The van der Waals surface area contributed by atoms with E-state index in [1.54, 1.807) is 0 Å². The van der Waals surface area contributed by atoms with E-state index in [-0.39, 0.29) is 5.57 Å². The van der Waals surface area contributed by atoms with E-state index in [9.17, 15) is 30.8 Å². The van der Waals surface area contributed by atoms with Crippen LogP contribution in [0.15, 0.2) is 17.0 Å². The molecule has 110 valence electrons. The van der Waals surface area contributed by atoms with Crippen molar-refractivity contribution < 1.29 is 35.5 Å². The molecule has 0 heterocycles. The van der Waals surface area contributed by atoms with Crippen molar-refractivity contribution in [1.29, 1.82) is 0 Å². The van der Waals surface area contributed by atoms with Crippen LogP contribution < -0.4 is 4.74 Å². The molecule has 1 aromatic carbocycles. The van der Waals surface area contributed by atoms with Gasteiger partial charge in [0.15, 0.2) is 16.5 Å². The quantitative estimate of drug-likeness (QED) is 0.213. The Morgan fingerprint density at radius 2 is 1.50 bits per heavy atom. The molecule has 0 unspecified atom stereocenters. The molecule has 0 radical (unpaired) electrons. The third kappa shape index (κ3) is 2.93. The fourth-order valence-corrected chi connectivity index (χ4v) is 2.09. The summed E-state index contributed by atoms with van der Waals surface area (Å²) in [6.07, 6.45) is 0. The van der Waals surface area contributed by atoms with Crippen molar-refractivity contribution in [1.82, 2.24) is 0 Å². The summed E-state index contributed by atoms with van der Waals surface area (Å²) < 4.78 is 79.4. The van der Waals surface area contributed by atoms with Gasteiger partial charge in [-0.15, -0.1) is 0 Å². The second-order valence-corrected chi connectivity index (χ2v) is 6.02. The van der Waals surface area contributed by atoms with Crippen LogP contribution in [0, 0.1) is 23.3 Å². The lowest BCUT2D eigenvalue weighted by Gasteiger charge is -2.10. The van der Waals surface area contributed by atoms with Crippen molar-refractivity contribution in [3.63, 3.8) is 0 Å². The summed E-state index contributed by atoms with van der Waals surface area (Å²) in [6, 6.07) is 0. The molecule has 0 N–H and O–H groups in total. The number of hydrogen-bond donors (Lipinski definition) is 0. The number of carbonyl (C=O) groups is 1. The standard InChI is InChI=1S/C10H5ClF4O4S/c1-3(2)10(16)19-8-4(12)6(14)9(20(11,17)18)7(15)5(8)13/h1H2,2H3. The molecule has 0 amide bonds. The number of halogens is 5. The molecule has 0 bridgehead atoms. The number of esters is 1. The molecule has 0 aliphatic carbocycles. The summed E-state index contributed by atoms with van der Waals surface area (Å²) in [6.45, 7) is 4.20. The molecule has 20 heavy (non-hydrogen) atoms. The Bertz CT molecular complexity index is 685. The summed E-state index contributed by atoms with van der Waals surface area (Å²) >= 11 is 0. The predicted molar refractivity (Wildman–Crippen MR) is 59.8 cm³/mol. The lowest BCUT2D eigenvalue weighted by molar-refractivity contribution is -0.130. The van der Waals surface area contributed by atoms with E-state index < -0.39 is 48.9 Å². The first-order chi connectivity index (χ1) is 8.98. The minimum Gasteiger partial charge on any atom is -0.417 e. The van der Waals surface area contributed by atoms with E-state index in [2.05, 4.69) is 22.0 Å². The minimum absolute atomic E-state index is 0.307. The highest BCUT2D eigenvalue weighted by atomic mass is 35.7. The van der Waals surface area contributed by atoms with Crippen LogP contribution in [0.2, 0.25) is 0 Å². The topological polar surface area (TPSA) is 60.4 Å². The van der Waals surface area contributed by atoms with Gasteiger partial charge in [0, 0.05) is 16.3 Å². The average molecular weight is 333 g/mol. The fraction of sp³-hybridized carbons (Fsp3) is 0.100. The first-order valence-electron chi connectivity index (χ1n) is 4.66. The third-order valence-electron chi connectivity index (χ3n) is 1.97. The van der Waals surface area contributed by atoms with Crippen molar-refractivity contribution >= 4 is 25.7 Å². The van der Waals surface area contributed by atoms with Crippen LogP contribution in [-0.2, 0) is 13.8 Å². The molecular weight excluding hydrogens is 328 g/mol. The van der Waals surface area contributed by atoms with Crippen molar-refractivity contribution in [3.05, 3.63) is 35.4 Å². The van der Waals surface area contributed by atoms with E-state index in [0.717, 1.165) is 6.92 Å². The van der Waals surface area contributed by atoms with Crippen LogP contribution in [0.5, 0.6) is 5.75 Å². The number of benzene rings is 1. The summed E-state index contributed by atoms with van der Waals surface area (Å²) in [7, 11) is -0.428. The van der Waals surface area contributed by atoms with E-state index in [0.29, 0.717) is 0 Å². The highest BCUT2D eigenvalue weighted by molar-refractivity contribution is 8.13. The van der Waals surface area contributed by atoms with Crippen LogP contribution in [-0.4, -0.2) is 14.4 Å². The second kappa shape index (κ2) is 5.41. The molecule has 0 aliphatic heterocycles. The molecule has 0 saturated heterocycles. The Morgan fingerprint density at radius 1 is 1.10 bits per heavy atom. The molecular formula is C10H5ClF4O4S. The molecule has 0 fully saturated rings. The average Bonchev–Trinajstić information content (AvgIpc) is 2.30. The van der Waals surface area contributed by atoms with Gasteiger partial charge in [0.25, 0.3) is 9.05 Å². The van der Waals surface area contributed by atoms with Gasteiger partial charge in [-0.25, -0.2) is 22.0 Å². The number of carbonyl (C=O) groups excluding carboxylic acids is 1. The minimum atomic E-state index is -5.09. The number of hydrogen-bond acceptors (Lipinski definition) is 4. The van der Waals surface area contributed by atoms with Gasteiger partial charge in [-0.3, -0.25) is 0 Å². The van der Waals surface area contributed by atoms with Crippen LogP contribution in [0.3, 0.4) is 0 Å². The van der Waals surface area contributed by atoms with Gasteiger partial charge in [-0.05, 0) is 6.92 Å². The smallest absolute Gasteiger partial charge is 0.338 e. The van der Waals surface area contributed by atoms with E-state index in [1.165, 1.54) is 0 Å². The van der Waals surface area contributed by atoms with E-state index in [1.807, 2.05) is 0 Å². The Labute approximate surface area is 115 Å². The SMILES string of the molecule is C=C(C)C(=O)Oc1c(F)c(F)c(S(=O)(=O)Cl)c(F)c1F. The summed E-state index contributed by atoms with van der Waals surface area (Å²) in [5.74, 6) is -12.1. The fourth-order valence-electron chi connectivity index (χ4n) is 1.07. The van der Waals surface area contributed by atoms with Crippen molar-refractivity contribution in [2.24, 2.45) is 0 Å². The Kier molecular flexibility index (Phi) is 4.45. The normalized spacial score (nSPS) is 11.3. The largest absolute Gasteiger partial charge is 0.417 e. The lowest BCUT2D eigenvalue weighted by atomic mass is 10.3. The van der Waals surface area contributed by atoms with E-state index in [4.69, 9.17) is 0 Å². The number of ether oxygens (including phenoxy) is 1. The summed E-state index contributed by atoms with van der Waals surface area (Å²) in [4.78, 5) is 9.07. The second-order valence-electron chi connectivity index (χ2n) is 3.52. The van der Waals surface area contributed by atoms with Crippen molar-refractivity contribution in [3.8, 4) is 5.75 Å². The third-order valence-corrected chi connectivity index (χ3v) is 3.28. The zero-order chi connectivity index (χ0) is 15.8. The maximum Gasteiger partial charge on any atom is 0.338 e. The van der Waals surface area contributed by atoms with Gasteiger partial charge in [0.05, 0.1) is 0 Å². The van der Waals surface area contributed by atoms with Crippen LogP contribution in [0.4, 0.5) is 17.6 Å². The van der Waals surface area contributed by atoms with E-state index >= 15 is 0 Å². The molecule has 0 spiro atoms. The van der Waals surface area contributed by atoms with Gasteiger partial charge in [-0.1, -0.05) is 6.58 Å². The number of rotatable bonds is 3. The maximum absolute atomic E-state index is 13.4. The zero-order valence-electron chi connectivity index (χ0n) is 9.64. The van der Waals surface area contributed by atoms with Crippen LogP contribution >= 0.6 is 10.7 Å². The molecule has 1 aromatic rings. The zero-order valence-corrected chi connectivity index (χ0v) is 11.2. The van der Waals surface area contributed by atoms with Gasteiger partial charge in [0.2, 0.25) is 17.4 Å². The molecule has 0 atom stereocenters. The molecule has 4 nitrogen and oxygen atoms in total. The highest BCUT2D eigenvalue weighted by Crippen LogP contribution is 2.34. The first kappa shape index (κ1) is 16.4. The van der Waals surface area contributed by atoms with Gasteiger partial charge < -0.3 is 4.74 Å². The lowest BCUT2D eigenvalue weighted by Crippen LogP contribution is -2.14. The monoisotopic (exact) mass is 332 g/mol. The Hall–Kier alpha value is -1.61. The molecule has 0 aliphatic rings. The summed E-state index contributed by atoms with van der Waals surface area (Å²) in [5, 5.41) is 0. The highest BCUT2D eigenvalue weighted by Gasteiger charge is 2.33. The Balaban J connectivity index is 3.61. The van der Waals surface area contributed by atoms with Gasteiger partial charge in [0.1, 0.15) is 0 Å². The molecule has 0 aromatic heterocycles. The van der Waals surface area contributed by atoms with Crippen LogP contribution in [0.1, 0.15) is 6.92 Å². The van der Waals surface area contributed by atoms with Crippen molar-refractivity contribution in [2.45, 2.75) is 11.8 Å². The Morgan fingerprint density at radius 3 is 1.80 bits per heavy atom. The molecule has 10 heteroatoms. The van der Waals surface area contributed by atoms with Crippen molar-refractivity contribution in [2.75, 3.05) is 0 Å². The van der Waals surface area contributed by atoms with Crippen LogP contribution in [0.25, 0.3) is 0 Å². The molecule has 1 rings (SSSR count). The van der Waals surface area contributed by atoms with Gasteiger partial charge >= 0.3 is 5.97 Å². The predicted octanol–water partition coefficient (Wildman–Crippen LogP) is 2.65. The maximum atomic E-state index is 13.4. The first-order valence-corrected chi connectivity index (χ1v) is 6.97.